The Bertz CT molecular complexity index is 576. The van der Waals surface area contributed by atoms with Gasteiger partial charge in [0.2, 0.25) is 5.75 Å². The maximum absolute atomic E-state index is 13.5. The monoisotopic (exact) mass is 277 g/mol. The van der Waals surface area contributed by atoms with E-state index in [-0.39, 0.29) is 11.6 Å². The summed E-state index contributed by atoms with van der Waals surface area (Å²) in [7, 11) is 2.92. The Labute approximate surface area is 116 Å². The van der Waals surface area contributed by atoms with Crippen LogP contribution < -0.4 is 14.8 Å². The van der Waals surface area contributed by atoms with Crippen LogP contribution in [0.5, 0.6) is 17.2 Å². The summed E-state index contributed by atoms with van der Waals surface area (Å²) in [5.74, 6) is 0.263. The smallest absolute Gasteiger partial charge is 0.200 e. The van der Waals surface area contributed by atoms with E-state index in [0.717, 1.165) is 5.56 Å². The Morgan fingerprint density at radius 1 is 1.10 bits per heavy atom. The molecule has 2 aromatic carbocycles. The molecule has 4 nitrogen and oxygen atoms in total. The van der Waals surface area contributed by atoms with Gasteiger partial charge in [-0.05, 0) is 29.8 Å². The van der Waals surface area contributed by atoms with Crippen LogP contribution >= 0.6 is 0 Å². The van der Waals surface area contributed by atoms with Crippen molar-refractivity contribution >= 4 is 5.69 Å². The number of hydrogen-bond acceptors (Lipinski definition) is 4. The van der Waals surface area contributed by atoms with Crippen LogP contribution in [0.3, 0.4) is 0 Å². The molecule has 106 valence electrons. The fraction of sp³-hybridized carbons (Fsp3) is 0.200. The molecule has 2 N–H and O–H groups in total. The predicted octanol–water partition coefficient (Wildman–Crippen LogP) is 3.16. The lowest BCUT2D eigenvalue weighted by Crippen LogP contribution is -2.02. The third-order valence-electron chi connectivity index (χ3n) is 2.90. The van der Waals surface area contributed by atoms with Crippen LogP contribution in [0.15, 0.2) is 36.4 Å². The predicted molar refractivity (Wildman–Crippen MR) is 74.9 cm³/mol. The van der Waals surface area contributed by atoms with Crippen molar-refractivity contribution < 1.29 is 19.0 Å². The molecule has 2 rings (SSSR count). The summed E-state index contributed by atoms with van der Waals surface area (Å²) in [5, 5.41) is 12.8. The Morgan fingerprint density at radius 3 is 2.25 bits per heavy atom. The molecule has 5 heteroatoms. The number of anilines is 1. The molecular formula is C15H16FNO3. The zero-order chi connectivity index (χ0) is 14.5. The van der Waals surface area contributed by atoms with Gasteiger partial charge in [0.25, 0.3) is 0 Å². The summed E-state index contributed by atoms with van der Waals surface area (Å²) < 4.78 is 23.6. The van der Waals surface area contributed by atoms with Gasteiger partial charge in [0.1, 0.15) is 5.82 Å². The minimum atomic E-state index is -0.315. The van der Waals surface area contributed by atoms with E-state index < -0.39 is 0 Å². The molecule has 0 radical (unpaired) electrons. The van der Waals surface area contributed by atoms with E-state index in [1.165, 1.54) is 20.3 Å². The largest absolute Gasteiger partial charge is 0.502 e. The standard InChI is InChI=1S/C15H16FNO3/c1-19-13-7-10(8-14(20-2)15(13)18)9-17-12-6-4-3-5-11(12)16/h3-8,17-18H,9H2,1-2H3. The molecule has 0 saturated carbocycles. The second-order valence-corrected chi connectivity index (χ2v) is 4.18. The minimum Gasteiger partial charge on any atom is -0.502 e. The molecule has 20 heavy (non-hydrogen) atoms. The molecule has 0 fully saturated rings. The topological polar surface area (TPSA) is 50.7 Å². The van der Waals surface area contributed by atoms with Crippen LogP contribution in [0, 0.1) is 5.82 Å². The van der Waals surface area contributed by atoms with Crippen molar-refractivity contribution in [3.8, 4) is 17.2 Å². The van der Waals surface area contributed by atoms with Gasteiger partial charge < -0.3 is 19.9 Å². The Morgan fingerprint density at radius 2 is 1.70 bits per heavy atom. The van der Waals surface area contributed by atoms with Gasteiger partial charge in [0, 0.05) is 6.54 Å². The van der Waals surface area contributed by atoms with E-state index in [1.807, 2.05) is 0 Å². The number of nitrogens with one attached hydrogen (secondary N) is 1. The second kappa shape index (κ2) is 6.14. The Kier molecular flexibility index (Phi) is 4.30. The summed E-state index contributed by atoms with van der Waals surface area (Å²) >= 11 is 0. The number of aromatic hydroxyl groups is 1. The lowest BCUT2D eigenvalue weighted by atomic mass is 10.1. The van der Waals surface area contributed by atoms with Crippen LogP contribution in [0.4, 0.5) is 10.1 Å². The summed E-state index contributed by atoms with van der Waals surface area (Å²) in [4.78, 5) is 0. The van der Waals surface area contributed by atoms with Gasteiger partial charge in [-0.2, -0.15) is 0 Å². The number of methoxy groups -OCH3 is 2. The molecule has 0 unspecified atom stereocenters. The maximum atomic E-state index is 13.5. The highest BCUT2D eigenvalue weighted by Crippen LogP contribution is 2.37. The first-order valence-electron chi connectivity index (χ1n) is 6.08. The van der Waals surface area contributed by atoms with Crippen LogP contribution in [0.1, 0.15) is 5.56 Å². The number of rotatable bonds is 5. The Hall–Kier alpha value is -2.43. The third kappa shape index (κ3) is 2.93. The van der Waals surface area contributed by atoms with Gasteiger partial charge in [-0.25, -0.2) is 4.39 Å². The molecular weight excluding hydrogens is 261 g/mol. The molecule has 0 atom stereocenters. The second-order valence-electron chi connectivity index (χ2n) is 4.18. The number of benzene rings is 2. The lowest BCUT2D eigenvalue weighted by molar-refractivity contribution is 0.339. The first-order chi connectivity index (χ1) is 9.65. The molecule has 0 aliphatic rings. The summed E-state index contributed by atoms with van der Waals surface area (Å²) in [6.45, 7) is 0.383. The summed E-state index contributed by atoms with van der Waals surface area (Å²) in [5.41, 5.74) is 1.22. The van der Waals surface area contributed by atoms with E-state index in [0.29, 0.717) is 23.7 Å². The number of para-hydroxylation sites is 1. The average molecular weight is 277 g/mol. The van der Waals surface area contributed by atoms with E-state index in [4.69, 9.17) is 9.47 Å². The molecule has 0 aromatic heterocycles. The number of halogens is 1. The maximum Gasteiger partial charge on any atom is 0.200 e. The van der Waals surface area contributed by atoms with Crippen molar-refractivity contribution in [2.24, 2.45) is 0 Å². The molecule has 0 heterocycles. The molecule has 0 aliphatic carbocycles. The fourth-order valence-corrected chi connectivity index (χ4v) is 1.85. The van der Waals surface area contributed by atoms with Crippen molar-refractivity contribution in [2.75, 3.05) is 19.5 Å². The van der Waals surface area contributed by atoms with Crippen molar-refractivity contribution in [1.82, 2.24) is 0 Å². The zero-order valence-corrected chi connectivity index (χ0v) is 11.3. The minimum absolute atomic E-state index is 0.0513. The highest BCUT2D eigenvalue weighted by atomic mass is 19.1. The number of ether oxygens (including phenoxy) is 2. The van der Waals surface area contributed by atoms with Crippen molar-refractivity contribution in [3.05, 3.63) is 47.8 Å². The number of phenolic OH excluding ortho intramolecular Hbond substituents is 1. The first kappa shape index (κ1) is 14.0. The van der Waals surface area contributed by atoms with Crippen molar-refractivity contribution in [1.29, 1.82) is 0 Å². The molecule has 0 spiro atoms. The molecule has 2 aromatic rings. The van der Waals surface area contributed by atoms with Gasteiger partial charge in [-0.1, -0.05) is 12.1 Å². The van der Waals surface area contributed by atoms with Gasteiger partial charge in [0.15, 0.2) is 11.5 Å². The van der Waals surface area contributed by atoms with Crippen LogP contribution in [0.25, 0.3) is 0 Å². The van der Waals surface area contributed by atoms with Gasteiger partial charge in [0.05, 0.1) is 19.9 Å². The van der Waals surface area contributed by atoms with Gasteiger partial charge in [-0.3, -0.25) is 0 Å². The van der Waals surface area contributed by atoms with E-state index >= 15 is 0 Å². The first-order valence-corrected chi connectivity index (χ1v) is 6.08. The summed E-state index contributed by atoms with van der Waals surface area (Å²) in [6.07, 6.45) is 0. The lowest BCUT2D eigenvalue weighted by Gasteiger charge is -2.12. The SMILES string of the molecule is COc1cc(CNc2ccccc2F)cc(OC)c1O. The highest BCUT2D eigenvalue weighted by molar-refractivity contribution is 5.54. The molecule has 0 bridgehead atoms. The van der Waals surface area contributed by atoms with Crippen molar-refractivity contribution in [2.45, 2.75) is 6.54 Å². The van der Waals surface area contributed by atoms with Crippen molar-refractivity contribution in [3.63, 3.8) is 0 Å². The van der Waals surface area contributed by atoms with Gasteiger partial charge in [-0.15, -0.1) is 0 Å². The van der Waals surface area contributed by atoms with Crippen LogP contribution in [0.2, 0.25) is 0 Å². The third-order valence-corrected chi connectivity index (χ3v) is 2.90. The van der Waals surface area contributed by atoms with E-state index in [2.05, 4.69) is 5.32 Å². The quantitative estimate of drug-likeness (QED) is 0.881. The zero-order valence-electron chi connectivity index (χ0n) is 11.3. The molecule has 0 aliphatic heterocycles. The highest BCUT2D eigenvalue weighted by Gasteiger charge is 2.11. The van der Waals surface area contributed by atoms with E-state index in [9.17, 15) is 9.50 Å². The average Bonchev–Trinajstić information content (AvgIpc) is 2.47. The summed E-state index contributed by atoms with van der Waals surface area (Å²) in [6, 6.07) is 9.78. The molecule has 0 amide bonds. The van der Waals surface area contributed by atoms with Crippen LogP contribution in [-0.2, 0) is 6.54 Å². The van der Waals surface area contributed by atoms with Crippen LogP contribution in [-0.4, -0.2) is 19.3 Å². The normalized spacial score (nSPS) is 10.2. The number of hydrogen-bond donors (Lipinski definition) is 2. The van der Waals surface area contributed by atoms with Gasteiger partial charge >= 0.3 is 0 Å². The van der Waals surface area contributed by atoms with E-state index in [1.54, 1.807) is 30.3 Å². The number of phenols is 1. The fourth-order valence-electron chi connectivity index (χ4n) is 1.85. The Balaban J connectivity index is 2.19. The molecule has 0 saturated heterocycles.